The zero-order valence-corrected chi connectivity index (χ0v) is 15.6. The van der Waals surface area contributed by atoms with Gasteiger partial charge in [-0.15, -0.1) is 0 Å². The molecule has 1 aliphatic carbocycles. The number of aliphatic hydroxyl groups excluding tert-OH is 1. The Morgan fingerprint density at radius 1 is 1.27 bits per heavy atom. The predicted octanol–water partition coefficient (Wildman–Crippen LogP) is 1.26. The number of nitrogens with zero attached hydrogens (tertiary/aromatic N) is 2. The number of piperazine rings is 1. The highest BCUT2D eigenvalue weighted by atomic mass is 35.5. The minimum Gasteiger partial charge on any atom is -0.393 e. The highest BCUT2D eigenvalue weighted by molar-refractivity contribution is 6.30. The van der Waals surface area contributed by atoms with Gasteiger partial charge in [-0.25, -0.2) is 0 Å². The first-order valence-corrected chi connectivity index (χ1v) is 9.60. The summed E-state index contributed by atoms with van der Waals surface area (Å²) in [5, 5.41) is 13.4. The second-order valence-electron chi connectivity index (χ2n) is 7.09. The molecule has 0 radical (unpaired) electrons. The predicted molar refractivity (Wildman–Crippen MR) is 99.7 cm³/mol. The molecule has 142 valence electrons. The Morgan fingerprint density at radius 3 is 2.65 bits per heavy atom. The van der Waals surface area contributed by atoms with Crippen molar-refractivity contribution in [3.63, 3.8) is 0 Å². The molecule has 1 heterocycles. The molecule has 1 saturated carbocycles. The molecule has 0 aromatic heterocycles. The number of carbonyl (C=O) groups is 2. The van der Waals surface area contributed by atoms with Crippen molar-refractivity contribution < 1.29 is 14.7 Å². The lowest BCUT2D eigenvalue weighted by Crippen LogP contribution is -2.48. The van der Waals surface area contributed by atoms with E-state index in [2.05, 4.69) is 5.32 Å². The molecule has 1 aromatic carbocycles. The Kier molecular flexibility index (Phi) is 6.51. The van der Waals surface area contributed by atoms with E-state index in [4.69, 9.17) is 11.6 Å². The lowest BCUT2D eigenvalue weighted by atomic mass is 9.81. The van der Waals surface area contributed by atoms with Crippen LogP contribution in [-0.2, 0) is 16.1 Å². The maximum Gasteiger partial charge on any atom is 0.226 e. The molecule has 7 heteroatoms. The van der Waals surface area contributed by atoms with Gasteiger partial charge in [0.15, 0.2) is 0 Å². The molecule has 1 aromatic rings. The van der Waals surface area contributed by atoms with Crippen LogP contribution >= 0.6 is 11.6 Å². The number of benzene rings is 1. The standard InChI is InChI=1S/C19H26ClN3O3/c20-16-3-1-2-14(10-16)13-23(19(26)15-11-17(24)12-15)7-4-18(25)22-8-5-21-6-9-22/h1-3,10,15,17,21,24H,4-9,11-13H2. The molecule has 2 aliphatic rings. The van der Waals surface area contributed by atoms with E-state index < -0.39 is 0 Å². The van der Waals surface area contributed by atoms with Crippen LogP contribution in [-0.4, -0.2) is 65.5 Å². The quantitative estimate of drug-likeness (QED) is 0.780. The van der Waals surface area contributed by atoms with Crippen molar-refractivity contribution in [2.24, 2.45) is 5.92 Å². The van der Waals surface area contributed by atoms with Gasteiger partial charge in [-0.1, -0.05) is 23.7 Å². The van der Waals surface area contributed by atoms with E-state index in [9.17, 15) is 14.7 Å². The molecule has 1 saturated heterocycles. The van der Waals surface area contributed by atoms with Gasteiger partial charge in [-0.05, 0) is 30.5 Å². The average molecular weight is 380 g/mol. The second-order valence-corrected chi connectivity index (χ2v) is 7.53. The first-order valence-electron chi connectivity index (χ1n) is 9.22. The number of rotatable bonds is 6. The molecule has 0 unspecified atom stereocenters. The number of halogens is 1. The summed E-state index contributed by atoms with van der Waals surface area (Å²) in [4.78, 5) is 28.8. The zero-order chi connectivity index (χ0) is 18.5. The molecule has 2 amide bonds. The largest absolute Gasteiger partial charge is 0.393 e. The van der Waals surface area contributed by atoms with Crippen LogP contribution in [0.1, 0.15) is 24.8 Å². The summed E-state index contributed by atoms with van der Waals surface area (Å²) in [6, 6.07) is 7.43. The molecule has 0 spiro atoms. The van der Waals surface area contributed by atoms with Crippen LogP contribution in [0.15, 0.2) is 24.3 Å². The van der Waals surface area contributed by atoms with Crippen LogP contribution in [0.2, 0.25) is 5.02 Å². The molecular formula is C19H26ClN3O3. The molecule has 6 nitrogen and oxygen atoms in total. The average Bonchev–Trinajstić information content (AvgIpc) is 2.62. The second kappa shape index (κ2) is 8.84. The van der Waals surface area contributed by atoms with E-state index in [-0.39, 0.29) is 23.8 Å². The van der Waals surface area contributed by atoms with Gasteiger partial charge in [-0.2, -0.15) is 0 Å². The Hall–Kier alpha value is -1.63. The van der Waals surface area contributed by atoms with Crippen LogP contribution in [0, 0.1) is 5.92 Å². The van der Waals surface area contributed by atoms with Crippen molar-refractivity contribution in [2.75, 3.05) is 32.7 Å². The van der Waals surface area contributed by atoms with Crippen molar-refractivity contribution in [2.45, 2.75) is 31.9 Å². The number of carbonyl (C=O) groups excluding carboxylic acids is 2. The maximum atomic E-state index is 12.8. The van der Waals surface area contributed by atoms with Crippen molar-refractivity contribution in [1.82, 2.24) is 15.1 Å². The Bertz CT molecular complexity index is 643. The molecule has 0 bridgehead atoms. The summed E-state index contributed by atoms with van der Waals surface area (Å²) in [7, 11) is 0. The highest BCUT2D eigenvalue weighted by Gasteiger charge is 2.36. The number of aliphatic hydroxyl groups is 1. The van der Waals surface area contributed by atoms with Crippen molar-refractivity contribution in [3.05, 3.63) is 34.9 Å². The number of hydrogen-bond acceptors (Lipinski definition) is 4. The van der Waals surface area contributed by atoms with Crippen LogP contribution in [0.5, 0.6) is 0 Å². The van der Waals surface area contributed by atoms with Gasteiger partial charge in [-0.3, -0.25) is 9.59 Å². The number of hydrogen-bond donors (Lipinski definition) is 2. The lowest BCUT2D eigenvalue weighted by Gasteiger charge is -2.35. The third kappa shape index (κ3) is 4.96. The highest BCUT2D eigenvalue weighted by Crippen LogP contribution is 2.29. The molecule has 2 N–H and O–H groups in total. The third-order valence-electron chi connectivity index (χ3n) is 5.10. The zero-order valence-electron chi connectivity index (χ0n) is 14.9. The van der Waals surface area contributed by atoms with Gasteiger partial charge in [0.05, 0.1) is 6.10 Å². The van der Waals surface area contributed by atoms with E-state index in [0.717, 1.165) is 31.7 Å². The fraction of sp³-hybridized carbons (Fsp3) is 0.579. The van der Waals surface area contributed by atoms with Gasteiger partial charge >= 0.3 is 0 Å². The first-order chi connectivity index (χ1) is 12.5. The maximum absolute atomic E-state index is 12.8. The van der Waals surface area contributed by atoms with Gasteiger partial charge < -0.3 is 20.2 Å². The van der Waals surface area contributed by atoms with Crippen LogP contribution in [0.25, 0.3) is 0 Å². The minimum absolute atomic E-state index is 0.0170. The SMILES string of the molecule is O=C(CCN(Cc1cccc(Cl)c1)C(=O)C1CC(O)C1)N1CCNCC1. The first kappa shape index (κ1) is 19.1. The normalized spacial score (nSPS) is 22.6. The molecule has 3 rings (SSSR count). The molecule has 26 heavy (non-hydrogen) atoms. The van der Waals surface area contributed by atoms with Crippen molar-refractivity contribution in [3.8, 4) is 0 Å². The minimum atomic E-state index is -0.376. The summed E-state index contributed by atoms with van der Waals surface area (Å²) >= 11 is 6.05. The Morgan fingerprint density at radius 2 is 2.00 bits per heavy atom. The van der Waals surface area contributed by atoms with Crippen molar-refractivity contribution in [1.29, 1.82) is 0 Å². The lowest BCUT2D eigenvalue weighted by molar-refractivity contribution is -0.144. The number of nitrogens with one attached hydrogen (secondary N) is 1. The van der Waals surface area contributed by atoms with Gasteiger partial charge in [0.25, 0.3) is 0 Å². The summed E-state index contributed by atoms with van der Waals surface area (Å²) in [6.07, 6.45) is 0.967. The summed E-state index contributed by atoms with van der Waals surface area (Å²) < 4.78 is 0. The van der Waals surface area contributed by atoms with E-state index in [1.165, 1.54) is 0 Å². The van der Waals surface area contributed by atoms with E-state index in [1.807, 2.05) is 23.1 Å². The monoisotopic (exact) mass is 379 g/mol. The number of amides is 2. The topological polar surface area (TPSA) is 72.9 Å². The fourth-order valence-electron chi connectivity index (χ4n) is 3.47. The van der Waals surface area contributed by atoms with Gasteiger partial charge in [0.1, 0.15) is 0 Å². The summed E-state index contributed by atoms with van der Waals surface area (Å²) in [5.74, 6) is -0.0362. The summed E-state index contributed by atoms with van der Waals surface area (Å²) in [5.41, 5.74) is 0.945. The molecule has 2 fully saturated rings. The van der Waals surface area contributed by atoms with Gasteiger partial charge in [0, 0.05) is 56.6 Å². The van der Waals surface area contributed by atoms with Crippen molar-refractivity contribution >= 4 is 23.4 Å². The van der Waals surface area contributed by atoms with E-state index >= 15 is 0 Å². The molecular weight excluding hydrogens is 354 g/mol. The van der Waals surface area contributed by atoms with E-state index in [1.54, 1.807) is 11.0 Å². The van der Waals surface area contributed by atoms with Crippen LogP contribution in [0.3, 0.4) is 0 Å². The fourth-order valence-corrected chi connectivity index (χ4v) is 3.69. The van der Waals surface area contributed by atoms with E-state index in [0.29, 0.717) is 37.4 Å². The smallest absolute Gasteiger partial charge is 0.226 e. The Labute approximate surface area is 159 Å². The van der Waals surface area contributed by atoms with Crippen LogP contribution in [0.4, 0.5) is 0 Å². The molecule has 0 atom stereocenters. The Balaban J connectivity index is 1.62. The third-order valence-corrected chi connectivity index (χ3v) is 5.34. The summed E-state index contributed by atoms with van der Waals surface area (Å²) in [6.45, 7) is 3.89. The van der Waals surface area contributed by atoms with Gasteiger partial charge in [0.2, 0.25) is 11.8 Å². The van der Waals surface area contributed by atoms with Crippen LogP contribution < -0.4 is 5.32 Å². The molecule has 1 aliphatic heterocycles.